The molecule has 1 unspecified atom stereocenters. The SMILES string of the molecule is CC1c2ccccc2[C@@]2(c3ccc(Cl)cc3)OO[C@@H]1O2. The Balaban J connectivity index is 1.93. The third-order valence-corrected chi connectivity index (χ3v) is 4.23. The van der Waals surface area contributed by atoms with Crippen molar-refractivity contribution in [3.8, 4) is 0 Å². The first-order chi connectivity index (χ1) is 9.71. The minimum atomic E-state index is -0.988. The topological polar surface area (TPSA) is 27.7 Å². The second-order valence-corrected chi connectivity index (χ2v) is 5.60. The van der Waals surface area contributed by atoms with Crippen LogP contribution in [0.2, 0.25) is 5.02 Å². The van der Waals surface area contributed by atoms with Crippen LogP contribution < -0.4 is 0 Å². The van der Waals surface area contributed by atoms with E-state index >= 15 is 0 Å². The van der Waals surface area contributed by atoms with Crippen LogP contribution in [0.4, 0.5) is 0 Å². The van der Waals surface area contributed by atoms with Crippen molar-refractivity contribution in [2.45, 2.75) is 24.9 Å². The third-order valence-electron chi connectivity index (χ3n) is 3.98. The van der Waals surface area contributed by atoms with Gasteiger partial charge in [0.15, 0.2) is 0 Å². The van der Waals surface area contributed by atoms with Gasteiger partial charge in [-0.25, -0.2) is 0 Å². The quantitative estimate of drug-likeness (QED) is 0.743. The van der Waals surface area contributed by atoms with Crippen LogP contribution in [0.15, 0.2) is 48.5 Å². The largest absolute Gasteiger partial charge is 0.307 e. The molecule has 0 aromatic heterocycles. The van der Waals surface area contributed by atoms with Gasteiger partial charge in [0, 0.05) is 22.1 Å². The number of halogens is 1. The van der Waals surface area contributed by atoms with Crippen LogP contribution in [-0.2, 0) is 20.3 Å². The highest BCUT2D eigenvalue weighted by atomic mass is 35.5. The van der Waals surface area contributed by atoms with Gasteiger partial charge in [-0.1, -0.05) is 54.9 Å². The molecular weight excluding hydrogens is 276 g/mol. The maximum absolute atomic E-state index is 6.06. The van der Waals surface area contributed by atoms with Crippen molar-refractivity contribution >= 4 is 11.6 Å². The van der Waals surface area contributed by atoms with E-state index in [0.717, 1.165) is 11.1 Å². The maximum Gasteiger partial charge on any atom is 0.256 e. The number of fused-ring (bicyclic) bond motifs is 4. The molecule has 0 aliphatic carbocycles. The Hall–Kier alpha value is -1.39. The summed E-state index contributed by atoms with van der Waals surface area (Å²) in [6, 6.07) is 15.6. The fourth-order valence-corrected chi connectivity index (χ4v) is 3.02. The van der Waals surface area contributed by atoms with Gasteiger partial charge in [-0.3, -0.25) is 0 Å². The molecule has 20 heavy (non-hydrogen) atoms. The van der Waals surface area contributed by atoms with E-state index < -0.39 is 5.79 Å². The minimum absolute atomic E-state index is 0.133. The highest BCUT2D eigenvalue weighted by Gasteiger charge is 2.54. The molecule has 1 fully saturated rings. The molecular formula is C16H13ClO3. The van der Waals surface area contributed by atoms with E-state index in [1.807, 2.05) is 42.5 Å². The van der Waals surface area contributed by atoms with Crippen LogP contribution in [0.5, 0.6) is 0 Å². The Morgan fingerprint density at radius 3 is 2.60 bits per heavy atom. The summed E-state index contributed by atoms with van der Waals surface area (Å²) < 4.78 is 6.06. The van der Waals surface area contributed by atoms with Crippen LogP contribution >= 0.6 is 11.6 Å². The first-order valence-corrected chi connectivity index (χ1v) is 6.96. The molecule has 0 saturated carbocycles. The van der Waals surface area contributed by atoms with Crippen molar-refractivity contribution < 1.29 is 14.5 Å². The summed E-state index contributed by atoms with van der Waals surface area (Å²) in [5, 5.41) is 0.679. The third kappa shape index (κ3) is 1.58. The second kappa shape index (κ2) is 4.30. The minimum Gasteiger partial charge on any atom is -0.307 e. The molecule has 0 spiro atoms. The van der Waals surface area contributed by atoms with Gasteiger partial charge in [-0.05, 0) is 17.7 Å². The standard InChI is InChI=1S/C16H13ClO3/c1-10-13-4-2-3-5-14(13)16(18-15(10)19-20-16)11-6-8-12(17)9-7-11/h2-10,15H,1H3/t10?,15-,16+/m0/s1. The molecule has 2 aromatic carbocycles. The Morgan fingerprint density at radius 2 is 1.80 bits per heavy atom. The molecule has 0 N–H and O–H groups in total. The Kier molecular flexibility index (Phi) is 2.66. The zero-order valence-electron chi connectivity index (χ0n) is 10.9. The van der Waals surface area contributed by atoms with Crippen LogP contribution in [0, 0.1) is 0 Å². The van der Waals surface area contributed by atoms with Crippen molar-refractivity contribution in [3.05, 3.63) is 70.2 Å². The highest BCUT2D eigenvalue weighted by molar-refractivity contribution is 6.30. The first kappa shape index (κ1) is 12.4. The number of ether oxygens (including phenoxy) is 1. The normalized spacial score (nSPS) is 31.1. The maximum atomic E-state index is 6.06. The van der Waals surface area contributed by atoms with Gasteiger partial charge < -0.3 is 4.74 Å². The molecule has 4 rings (SSSR count). The van der Waals surface area contributed by atoms with E-state index in [0.29, 0.717) is 5.02 Å². The van der Waals surface area contributed by atoms with E-state index in [4.69, 9.17) is 26.1 Å². The molecule has 0 radical (unpaired) electrons. The number of benzene rings is 2. The summed E-state index contributed by atoms with van der Waals surface area (Å²) in [6.45, 7) is 2.07. The molecule has 4 heteroatoms. The molecule has 2 aliphatic heterocycles. The van der Waals surface area contributed by atoms with Gasteiger partial charge in [-0.2, -0.15) is 9.78 Å². The summed E-state index contributed by atoms with van der Waals surface area (Å²) in [4.78, 5) is 11.0. The summed E-state index contributed by atoms with van der Waals surface area (Å²) in [6.07, 6.45) is -0.388. The molecule has 0 amide bonds. The molecule has 2 heterocycles. The van der Waals surface area contributed by atoms with Crippen molar-refractivity contribution in [3.63, 3.8) is 0 Å². The highest BCUT2D eigenvalue weighted by Crippen LogP contribution is 2.51. The van der Waals surface area contributed by atoms with Gasteiger partial charge in [-0.15, -0.1) is 0 Å². The van der Waals surface area contributed by atoms with Gasteiger partial charge >= 0.3 is 0 Å². The smallest absolute Gasteiger partial charge is 0.256 e. The Morgan fingerprint density at radius 1 is 1.05 bits per heavy atom. The average molecular weight is 289 g/mol. The van der Waals surface area contributed by atoms with Crippen molar-refractivity contribution in [1.29, 1.82) is 0 Å². The monoisotopic (exact) mass is 288 g/mol. The molecule has 102 valence electrons. The van der Waals surface area contributed by atoms with Crippen LogP contribution in [0.3, 0.4) is 0 Å². The molecule has 2 bridgehead atoms. The lowest BCUT2D eigenvalue weighted by Crippen LogP contribution is -2.36. The lowest BCUT2D eigenvalue weighted by Gasteiger charge is -2.34. The van der Waals surface area contributed by atoms with E-state index in [1.165, 1.54) is 5.56 Å². The van der Waals surface area contributed by atoms with E-state index in [2.05, 4.69) is 13.0 Å². The predicted octanol–water partition coefficient (Wildman–Crippen LogP) is 3.96. The van der Waals surface area contributed by atoms with Crippen molar-refractivity contribution in [2.75, 3.05) is 0 Å². The fourth-order valence-electron chi connectivity index (χ4n) is 2.89. The van der Waals surface area contributed by atoms with Gasteiger partial charge in [0.25, 0.3) is 5.79 Å². The first-order valence-electron chi connectivity index (χ1n) is 6.58. The summed E-state index contributed by atoms with van der Waals surface area (Å²) in [5.74, 6) is -0.854. The number of rotatable bonds is 1. The summed E-state index contributed by atoms with van der Waals surface area (Å²) in [7, 11) is 0. The van der Waals surface area contributed by atoms with E-state index in [9.17, 15) is 0 Å². The van der Waals surface area contributed by atoms with Crippen molar-refractivity contribution in [1.82, 2.24) is 0 Å². The molecule has 3 atom stereocenters. The fraction of sp³-hybridized carbons (Fsp3) is 0.250. The lowest BCUT2D eigenvalue weighted by molar-refractivity contribution is -0.321. The molecule has 3 nitrogen and oxygen atoms in total. The molecule has 1 saturated heterocycles. The van der Waals surface area contributed by atoms with Gasteiger partial charge in [0.1, 0.15) is 0 Å². The molecule has 2 aliphatic rings. The average Bonchev–Trinajstić information content (AvgIpc) is 2.89. The lowest BCUT2D eigenvalue weighted by atomic mass is 9.85. The van der Waals surface area contributed by atoms with E-state index in [1.54, 1.807) is 0 Å². The zero-order valence-corrected chi connectivity index (χ0v) is 11.6. The Labute approximate surface area is 122 Å². The summed E-state index contributed by atoms with van der Waals surface area (Å²) >= 11 is 5.96. The van der Waals surface area contributed by atoms with Crippen LogP contribution in [0.25, 0.3) is 0 Å². The van der Waals surface area contributed by atoms with E-state index in [-0.39, 0.29) is 12.2 Å². The van der Waals surface area contributed by atoms with Gasteiger partial charge in [0.2, 0.25) is 6.29 Å². The zero-order chi connectivity index (χ0) is 13.7. The van der Waals surface area contributed by atoms with Crippen molar-refractivity contribution in [2.24, 2.45) is 0 Å². The molecule has 2 aromatic rings. The second-order valence-electron chi connectivity index (χ2n) is 5.17. The number of hydrogen-bond acceptors (Lipinski definition) is 3. The number of hydrogen-bond donors (Lipinski definition) is 0. The van der Waals surface area contributed by atoms with Crippen LogP contribution in [-0.4, -0.2) is 6.29 Å². The van der Waals surface area contributed by atoms with Gasteiger partial charge in [0.05, 0.1) is 0 Å². The van der Waals surface area contributed by atoms with Crippen LogP contribution in [0.1, 0.15) is 29.5 Å². The summed E-state index contributed by atoms with van der Waals surface area (Å²) in [5.41, 5.74) is 3.06. The Bertz CT molecular complexity index is 655. The predicted molar refractivity (Wildman–Crippen MR) is 74.1 cm³/mol.